The Morgan fingerprint density at radius 1 is 1.04 bits per heavy atom. The van der Waals surface area contributed by atoms with Gasteiger partial charge in [-0.25, -0.2) is 4.68 Å². The fourth-order valence-corrected chi connectivity index (χ4v) is 3.02. The molecule has 1 amide bonds. The van der Waals surface area contributed by atoms with Crippen molar-refractivity contribution in [3.05, 3.63) is 77.6 Å². The molecule has 1 aromatic heterocycles. The van der Waals surface area contributed by atoms with Gasteiger partial charge in [0, 0.05) is 19.6 Å². The van der Waals surface area contributed by atoms with Crippen LogP contribution in [0.25, 0.3) is 5.69 Å². The number of benzene rings is 2. The molecule has 27 heavy (non-hydrogen) atoms. The van der Waals surface area contributed by atoms with E-state index in [0.29, 0.717) is 25.3 Å². The maximum Gasteiger partial charge on any atom is 0.228 e. The van der Waals surface area contributed by atoms with Gasteiger partial charge in [0.05, 0.1) is 23.5 Å². The first kappa shape index (κ1) is 18.8. The number of aromatic nitrogens is 3. The van der Waals surface area contributed by atoms with E-state index in [4.69, 9.17) is 5.73 Å². The first-order valence-corrected chi connectivity index (χ1v) is 9.17. The average molecular weight is 363 g/mol. The van der Waals surface area contributed by atoms with E-state index in [9.17, 15) is 4.79 Å². The maximum atomic E-state index is 12.8. The highest BCUT2D eigenvalue weighted by Gasteiger charge is 2.18. The molecule has 0 fully saturated rings. The molecular weight excluding hydrogens is 338 g/mol. The summed E-state index contributed by atoms with van der Waals surface area (Å²) in [6, 6.07) is 19.9. The van der Waals surface area contributed by atoms with Gasteiger partial charge in [0.25, 0.3) is 0 Å². The number of nitrogens with two attached hydrogens (primary N) is 1. The highest BCUT2D eigenvalue weighted by molar-refractivity contribution is 5.78. The Morgan fingerprint density at radius 3 is 2.37 bits per heavy atom. The maximum absolute atomic E-state index is 12.8. The lowest BCUT2D eigenvalue weighted by Gasteiger charge is -2.22. The van der Waals surface area contributed by atoms with E-state index >= 15 is 0 Å². The fourth-order valence-electron chi connectivity index (χ4n) is 3.02. The van der Waals surface area contributed by atoms with Gasteiger partial charge < -0.3 is 10.6 Å². The molecule has 0 aliphatic heterocycles. The summed E-state index contributed by atoms with van der Waals surface area (Å²) in [5.41, 5.74) is 9.43. The van der Waals surface area contributed by atoms with Crippen molar-refractivity contribution in [1.29, 1.82) is 0 Å². The van der Waals surface area contributed by atoms with Gasteiger partial charge in [0.1, 0.15) is 0 Å². The molecule has 140 valence electrons. The molecule has 0 atom stereocenters. The molecule has 0 saturated carbocycles. The van der Waals surface area contributed by atoms with E-state index in [0.717, 1.165) is 17.8 Å². The SMILES string of the molecule is Cc1c(CC(=O)N(CCN)CCc2ccccc2)nnn1-c1ccccc1. The number of para-hydroxylation sites is 1. The minimum atomic E-state index is 0.0274. The molecule has 1 heterocycles. The second-order valence-corrected chi connectivity index (χ2v) is 6.45. The zero-order valence-electron chi connectivity index (χ0n) is 15.6. The van der Waals surface area contributed by atoms with E-state index in [2.05, 4.69) is 22.4 Å². The summed E-state index contributed by atoms with van der Waals surface area (Å²) in [5.74, 6) is 0.0274. The first-order valence-electron chi connectivity index (χ1n) is 9.17. The van der Waals surface area contributed by atoms with Gasteiger partial charge >= 0.3 is 0 Å². The van der Waals surface area contributed by atoms with Crippen LogP contribution in [0.4, 0.5) is 0 Å². The molecule has 6 heteroatoms. The zero-order chi connectivity index (χ0) is 19.1. The molecule has 0 radical (unpaired) electrons. The predicted octanol–water partition coefficient (Wildman–Crippen LogP) is 2.15. The van der Waals surface area contributed by atoms with Crippen LogP contribution in [0.5, 0.6) is 0 Å². The fraction of sp³-hybridized carbons (Fsp3) is 0.286. The molecule has 3 aromatic rings. The van der Waals surface area contributed by atoms with Crippen molar-refractivity contribution in [2.75, 3.05) is 19.6 Å². The van der Waals surface area contributed by atoms with Crippen molar-refractivity contribution in [1.82, 2.24) is 19.9 Å². The van der Waals surface area contributed by atoms with Gasteiger partial charge in [0.2, 0.25) is 5.91 Å². The number of rotatable bonds is 8. The van der Waals surface area contributed by atoms with Crippen LogP contribution < -0.4 is 5.73 Å². The Bertz CT molecular complexity index is 861. The van der Waals surface area contributed by atoms with Crippen molar-refractivity contribution in [3.63, 3.8) is 0 Å². The minimum absolute atomic E-state index is 0.0274. The second-order valence-electron chi connectivity index (χ2n) is 6.45. The Morgan fingerprint density at radius 2 is 1.70 bits per heavy atom. The van der Waals surface area contributed by atoms with Gasteiger partial charge in [-0.2, -0.15) is 0 Å². The summed E-state index contributed by atoms with van der Waals surface area (Å²) < 4.78 is 1.76. The Kier molecular flexibility index (Phi) is 6.33. The lowest BCUT2D eigenvalue weighted by atomic mass is 10.1. The normalized spacial score (nSPS) is 10.7. The van der Waals surface area contributed by atoms with Gasteiger partial charge in [-0.05, 0) is 31.0 Å². The summed E-state index contributed by atoms with van der Waals surface area (Å²) >= 11 is 0. The van der Waals surface area contributed by atoms with E-state index in [1.54, 1.807) is 4.68 Å². The number of hydrogen-bond donors (Lipinski definition) is 1. The molecule has 0 spiro atoms. The van der Waals surface area contributed by atoms with Crippen LogP contribution in [0.15, 0.2) is 60.7 Å². The summed E-state index contributed by atoms with van der Waals surface area (Å²) in [4.78, 5) is 14.6. The summed E-state index contributed by atoms with van der Waals surface area (Å²) in [5, 5.41) is 8.44. The summed E-state index contributed by atoms with van der Waals surface area (Å²) in [6.45, 7) is 3.56. The van der Waals surface area contributed by atoms with Crippen LogP contribution >= 0.6 is 0 Å². The molecule has 0 unspecified atom stereocenters. The number of amides is 1. The van der Waals surface area contributed by atoms with E-state index in [1.165, 1.54) is 5.56 Å². The molecule has 0 aliphatic carbocycles. The average Bonchev–Trinajstić information content (AvgIpc) is 3.07. The zero-order valence-corrected chi connectivity index (χ0v) is 15.6. The van der Waals surface area contributed by atoms with Crippen LogP contribution in [-0.2, 0) is 17.6 Å². The van der Waals surface area contributed by atoms with Crippen LogP contribution in [0.2, 0.25) is 0 Å². The van der Waals surface area contributed by atoms with Gasteiger partial charge in [0.15, 0.2) is 0 Å². The standard InChI is InChI=1S/C21H25N5O/c1-17-20(23-24-26(17)19-10-6-3-7-11-19)16-21(27)25(15-13-22)14-12-18-8-4-2-5-9-18/h2-11H,12-16,22H2,1H3. The predicted molar refractivity (Wildman–Crippen MR) is 106 cm³/mol. The van der Waals surface area contributed by atoms with Crippen molar-refractivity contribution in [2.24, 2.45) is 5.73 Å². The van der Waals surface area contributed by atoms with Crippen molar-refractivity contribution in [2.45, 2.75) is 19.8 Å². The molecule has 3 rings (SSSR count). The third-order valence-electron chi connectivity index (χ3n) is 4.57. The number of carbonyl (C=O) groups excluding carboxylic acids is 1. The molecule has 2 aromatic carbocycles. The molecule has 0 bridgehead atoms. The molecule has 0 saturated heterocycles. The lowest BCUT2D eigenvalue weighted by molar-refractivity contribution is -0.130. The summed E-state index contributed by atoms with van der Waals surface area (Å²) in [7, 11) is 0. The topological polar surface area (TPSA) is 77.0 Å². The quantitative estimate of drug-likeness (QED) is 0.665. The summed E-state index contributed by atoms with van der Waals surface area (Å²) in [6.07, 6.45) is 1.04. The van der Waals surface area contributed by atoms with Crippen molar-refractivity contribution in [3.8, 4) is 5.69 Å². The Hall–Kier alpha value is -2.99. The third-order valence-corrected chi connectivity index (χ3v) is 4.57. The number of carbonyl (C=O) groups is 1. The van der Waals surface area contributed by atoms with Gasteiger partial charge in [-0.3, -0.25) is 4.79 Å². The third kappa shape index (κ3) is 4.80. The second kappa shape index (κ2) is 9.09. The van der Waals surface area contributed by atoms with Gasteiger partial charge in [-0.1, -0.05) is 53.7 Å². The molecule has 0 aliphatic rings. The highest BCUT2D eigenvalue weighted by atomic mass is 16.2. The van der Waals surface area contributed by atoms with Crippen LogP contribution in [0, 0.1) is 6.92 Å². The van der Waals surface area contributed by atoms with E-state index in [1.807, 2.05) is 60.4 Å². The van der Waals surface area contributed by atoms with Crippen LogP contribution in [0.1, 0.15) is 17.0 Å². The van der Waals surface area contributed by atoms with Crippen molar-refractivity contribution < 1.29 is 4.79 Å². The molecule has 6 nitrogen and oxygen atoms in total. The Balaban J connectivity index is 1.68. The van der Waals surface area contributed by atoms with Gasteiger partial charge in [-0.15, -0.1) is 5.10 Å². The monoisotopic (exact) mass is 363 g/mol. The Labute approximate surface area is 159 Å². The van der Waals surface area contributed by atoms with Crippen LogP contribution in [0.3, 0.4) is 0 Å². The number of hydrogen-bond acceptors (Lipinski definition) is 4. The lowest BCUT2D eigenvalue weighted by Crippen LogP contribution is -2.38. The van der Waals surface area contributed by atoms with E-state index < -0.39 is 0 Å². The smallest absolute Gasteiger partial charge is 0.228 e. The molecule has 2 N–H and O–H groups in total. The number of nitrogens with zero attached hydrogens (tertiary/aromatic N) is 4. The molecular formula is C21H25N5O. The largest absolute Gasteiger partial charge is 0.341 e. The van der Waals surface area contributed by atoms with Crippen molar-refractivity contribution >= 4 is 5.91 Å². The van der Waals surface area contributed by atoms with Crippen LogP contribution in [-0.4, -0.2) is 45.4 Å². The van der Waals surface area contributed by atoms with E-state index in [-0.39, 0.29) is 12.3 Å². The first-order chi connectivity index (χ1) is 13.2. The highest BCUT2D eigenvalue weighted by Crippen LogP contribution is 2.13. The minimum Gasteiger partial charge on any atom is -0.341 e.